The number of amides is 4. The molecule has 172 valence electrons. The number of rotatable bonds is 6. The monoisotopic (exact) mass is 448 g/mol. The van der Waals surface area contributed by atoms with Gasteiger partial charge >= 0.3 is 6.03 Å². The Morgan fingerprint density at radius 1 is 0.848 bits per heavy atom. The molecule has 2 aromatic carbocycles. The van der Waals surface area contributed by atoms with Crippen molar-refractivity contribution in [3.63, 3.8) is 0 Å². The molecule has 0 N–H and O–H groups in total. The molecule has 8 heteroatoms. The zero-order valence-corrected chi connectivity index (χ0v) is 18.6. The number of anilines is 2. The van der Waals surface area contributed by atoms with E-state index in [1.165, 1.54) is 10.6 Å². The number of hydrogen-bond acceptors (Lipinski definition) is 5. The van der Waals surface area contributed by atoms with Crippen LogP contribution in [-0.2, 0) is 9.59 Å². The zero-order valence-electron chi connectivity index (χ0n) is 18.6. The Morgan fingerprint density at radius 3 is 2.45 bits per heavy atom. The molecule has 2 saturated heterocycles. The molecular weight excluding hydrogens is 420 g/mol. The van der Waals surface area contributed by atoms with Crippen LogP contribution in [-0.4, -0.2) is 73.5 Å². The van der Waals surface area contributed by atoms with E-state index in [0.29, 0.717) is 36.9 Å². The second kappa shape index (κ2) is 9.13. The molecule has 0 aliphatic carbocycles. The van der Waals surface area contributed by atoms with Gasteiger partial charge in [-0.1, -0.05) is 30.3 Å². The van der Waals surface area contributed by atoms with Gasteiger partial charge in [-0.2, -0.15) is 0 Å². The number of fused-ring (bicyclic) bond motifs is 1. The molecule has 0 aromatic heterocycles. The fourth-order valence-corrected chi connectivity index (χ4v) is 4.89. The maximum absolute atomic E-state index is 13.2. The van der Waals surface area contributed by atoms with Crippen molar-refractivity contribution in [2.45, 2.75) is 12.8 Å². The van der Waals surface area contributed by atoms with Gasteiger partial charge in [-0.3, -0.25) is 14.5 Å². The summed E-state index contributed by atoms with van der Waals surface area (Å²) in [5.41, 5.74) is 1.88. The minimum Gasteiger partial charge on any atom is -0.482 e. The fraction of sp³-hybridized carbons (Fsp3) is 0.400. The van der Waals surface area contributed by atoms with Gasteiger partial charge in [0.2, 0.25) is 5.91 Å². The lowest BCUT2D eigenvalue weighted by atomic mass is 10.1. The van der Waals surface area contributed by atoms with Crippen LogP contribution >= 0.6 is 0 Å². The molecule has 0 radical (unpaired) electrons. The molecule has 0 saturated carbocycles. The lowest BCUT2D eigenvalue weighted by Crippen LogP contribution is -2.55. The summed E-state index contributed by atoms with van der Waals surface area (Å²) in [4.78, 5) is 45.2. The summed E-state index contributed by atoms with van der Waals surface area (Å²) >= 11 is 0. The molecule has 1 atom stereocenters. The van der Waals surface area contributed by atoms with Crippen molar-refractivity contribution in [1.29, 1.82) is 0 Å². The maximum Gasteiger partial charge on any atom is 0.326 e. The Kier molecular flexibility index (Phi) is 5.90. The average Bonchev–Trinajstić information content (AvgIpc) is 3.31. The Morgan fingerprint density at radius 2 is 1.61 bits per heavy atom. The highest BCUT2D eigenvalue weighted by Gasteiger charge is 2.35. The molecule has 3 aliphatic rings. The van der Waals surface area contributed by atoms with Crippen molar-refractivity contribution in [3.8, 4) is 5.75 Å². The van der Waals surface area contributed by atoms with Crippen LogP contribution < -0.4 is 14.5 Å². The molecule has 4 amide bonds. The highest BCUT2D eigenvalue weighted by Crippen LogP contribution is 2.31. The maximum atomic E-state index is 13.2. The number of hydrogen-bond donors (Lipinski definition) is 0. The second-order valence-electron chi connectivity index (χ2n) is 8.76. The first kappa shape index (κ1) is 21.3. The smallest absolute Gasteiger partial charge is 0.326 e. The topological polar surface area (TPSA) is 73.4 Å². The first-order chi connectivity index (χ1) is 16.1. The summed E-state index contributed by atoms with van der Waals surface area (Å²) in [7, 11) is 0. The van der Waals surface area contributed by atoms with Crippen LogP contribution in [0.5, 0.6) is 5.75 Å². The number of nitrogens with zero attached hydrogens (tertiary/aromatic N) is 4. The van der Waals surface area contributed by atoms with E-state index in [0.717, 1.165) is 19.5 Å². The van der Waals surface area contributed by atoms with Gasteiger partial charge in [0.15, 0.2) is 6.61 Å². The van der Waals surface area contributed by atoms with E-state index >= 15 is 0 Å². The van der Waals surface area contributed by atoms with Crippen molar-refractivity contribution >= 4 is 29.2 Å². The van der Waals surface area contributed by atoms with Crippen LogP contribution in [0.15, 0.2) is 54.6 Å². The normalized spacial score (nSPS) is 20.8. The summed E-state index contributed by atoms with van der Waals surface area (Å²) in [6.45, 7) is 3.37. The van der Waals surface area contributed by atoms with Crippen molar-refractivity contribution in [2.24, 2.45) is 5.92 Å². The van der Waals surface area contributed by atoms with E-state index in [1.807, 2.05) is 42.5 Å². The zero-order chi connectivity index (χ0) is 22.8. The van der Waals surface area contributed by atoms with E-state index in [1.54, 1.807) is 9.80 Å². The van der Waals surface area contributed by atoms with Gasteiger partial charge in [-0.25, -0.2) is 4.79 Å². The van der Waals surface area contributed by atoms with Crippen molar-refractivity contribution in [2.75, 3.05) is 55.7 Å². The number of para-hydroxylation sites is 3. The first-order valence-electron chi connectivity index (χ1n) is 11.5. The Labute approximate surface area is 193 Å². The molecule has 2 aromatic rings. The largest absolute Gasteiger partial charge is 0.482 e. The standard InChI is InChI=1S/C25H28N4O4/c30-23-11-13-27(17-19-10-12-26(16-19)20-6-2-1-3-7-20)25(32)29(23)15-14-28-21-8-4-5-9-22(21)33-18-24(28)31/h1-9,19H,10-18H2. The summed E-state index contributed by atoms with van der Waals surface area (Å²) in [5.74, 6) is 0.660. The first-order valence-corrected chi connectivity index (χ1v) is 11.5. The lowest BCUT2D eigenvalue weighted by molar-refractivity contribution is -0.131. The van der Waals surface area contributed by atoms with Crippen LogP contribution in [0.3, 0.4) is 0 Å². The lowest BCUT2D eigenvalue weighted by Gasteiger charge is -2.37. The Hall–Kier alpha value is -3.55. The fourth-order valence-electron chi connectivity index (χ4n) is 4.89. The van der Waals surface area contributed by atoms with E-state index in [-0.39, 0.29) is 37.5 Å². The molecule has 0 spiro atoms. The number of urea groups is 1. The Bertz CT molecular complexity index is 1040. The number of imide groups is 1. The third kappa shape index (κ3) is 4.37. The van der Waals surface area contributed by atoms with Crippen LogP contribution in [0.4, 0.5) is 16.2 Å². The molecule has 5 rings (SSSR count). The minimum absolute atomic E-state index is 0.0371. The van der Waals surface area contributed by atoms with Crippen LogP contribution in [0.2, 0.25) is 0 Å². The molecule has 1 unspecified atom stereocenters. The third-order valence-electron chi connectivity index (χ3n) is 6.64. The van der Waals surface area contributed by atoms with Crippen molar-refractivity contribution in [3.05, 3.63) is 54.6 Å². The summed E-state index contributed by atoms with van der Waals surface area (Å²) in [6.07, 6.45) is 1.33. The number of benzene rings is 2. The highest BCUT2D eigenvalue weighted by atomic mass is 16.5. The van der Waals surface area contributed by atoms with Crippen molar-refractivity contribution in [1.82, 2.24) is 9.80 Å². The second-order valence-corrected chi connectivity index (χ2v) is 8.76. The van der Waals surface area contributed by atoms with Crippen LogP contribution in [0.1, 0.15) is 12.8 Å². The molecule has 0 bridgehead atoms. The average molecular weight is 449 g/mol. The van der Waals surface area contributed by atoms with Crippen LogP contribution in [0.25, 0.3) is 0 Å². The van der Waals surface area contributed by atoms with Gasteiger partial charge in [0.25, 0.3) is 5.91 Å². The molecule has 3 heterocycles. The van der Waals surface area contributed by atoms with E-state index < -0.39 is 0 Å². The van der Waals surface area contributed by atoms with Gasteiger partial charge in [0, 0.05) is 51.4 Å². The summed E-state index contributed by atoms with van der Waals surface area (Å²) in [6, 6.07) is 17.4. The summed E-state index contributed by atoms with van der Waals surface area (Å²) in [5, 5.41) is 0. The minimum atomic E-state index is -0.251. The Balaban J connectivity index is 1.20. The predicted molar refractivity (Wildman–Crippen MR) is 124 cm³/mol. The van der Waals surface area contributed by atoms with E-state index in [4.69, 9.17) is 4.74 Å². The van der Waals surface area contributed by atoms with Gasteiger partial charge < -0.3 is 19.4 Å². The third-order valence-corrected chi connectivity index (χ3v) is 6.64. The molecular formula is C25H28N4O4. The van der Waals surface area contributed by atoms with Crippen molar-refractivity contribution < 1.29 is 19.1 Å². The summed E-state index contributed by atoms with van der Waals surface area (Å²) < 4.78 is 5.48. The molecule has 33 heavy (non-hydrogen) atoms. The van der Waals surface area contributed by atoms with Gasteiger partial charge in [-0.05, 0) is 36.6 Å². The number of carbonyl (C=O) groups excluding carboxylic acids is 3. The molecule has 8 nitrogen and oxygen atoms in total. The van der Waals surface area contributed by atoms with Gasteiger partial charge in [-0.15, -0.1) is 0 Å². The van der Waals surface area contributed by atoms with Gasteiger partial charge in [0.1, 0.15) is 5.75 Å². The molecule has 2 fully saturated rings. The van der Waals surface area contributed by atoms with E-state index in [9.17, 15) is 14.4 Å². The number of carbonyl (C=O) groups is 3. The van der Waals surface area contributed by atoms with Gasteiger partial charge in [0.05, 0.1) is 5.69 Å². The SMILES string of the molecule is O=C1CCN(CC2CCN(c3ccccc3)C2)C(=O)N1CCN1C(=O)COc2ccccc21. The van der Waals surface area contributed by atoms with E-state index in [2.05, 4.69) is 17.0 Å². The molecule has 3 aliphatic heterocycles. The predicted octanol–water partition coefficient (Wildman–Crippen LogP) is 2.59. The van der Waals surface area contributed by atoms with Crippen LogP contribution in [0, 0.1) is 5.92 Å². The quantitative estimate of drug-likeness (QED) is 0.679. The highest BCUT2D eigenvalue weighted by molar-refractivity contribution is 5.99. The number of ether oxygens (including phenoxy) is 1.